The number of aromatic nitrogens is 2. The number of carbonyl (C=O) groups excluding carboxylic acids is 1. The fourth-order valence-electron chi connectivity index (χ4n) is 2.81. The maximum absolute atomic E-state index is 12.5. The highest BCUT2D eigenvalue weighted by Crippen LogP contribution is 2.17. The summed E-state index contributed by atoms with van der Waals surface area (Å²) in [5.74, 6) is -0.150. The Morgan fingerprint density at radius 3 is 3.12 bits per heavy atom. The molecule has 0 aliphatic carbocycles. The topological polar surface area (TPSA) is 91.1 Å². The summed E-state index contributed by atoms with van der Waals surface area (Å²) in [4.78, 5) is 12.5. The van der Waals surface area contributed by atoms with E-state index in [4.69, 9.17) is 4.74 Å². The van der Waals surface area contributed by atoms with Gasteiger partial charge in [0.1, 0.15) is 0 Å². The van der Waals surface area contributed by atoms with E-state index in [2.05, 4.69) is 26.1 Å². The molecule has 4 N–H and O–H groups in total. The fraction of sp³-hybridized carbons (Fsp3) is 0.412. The maximum Gasteiger partial charge on any atom is 0.272 e. The molecule has 0 fully saturated rings. The minimum absolute atomic E-state index is 0.150. The molecule has 0 bridgehead atoms. The molecule has 1 aromatic carbocycles. The normalized spacial score (nSPS) is 13.4. The lowest BCUT2D eigenvalue weighted by Gasteiger charge is -2.14. The molecule has 1 amide bonds. The van der Waals surface area contributed by atoms with Gasteiger partial charge in [-0.05, 0) is 11.6 Å². The molecule has 2 heterocycles. The molecule has 2 aromatic rings. The molecule has 7 heteroatoms. The number of H-pyrrole nitrogens is 1. The SMILES string of the molecule is COCCNc1ccccc1CNC(=O)c1n[nH]c2c1CNCC2. The third kappa shape index (κ3) is 3.74. The first-order valence-corrected chi connectivity index (χ1v) is 8.15. The van der Waals surface area contributed by atoms with Gasteiger partial charge < -0.3 is 20.7 Å². The molecule has 128 valence electrons. The molecule has 1 aromatic heterocycles. The van der Waals surface area contributed by atoms with Crippen LogP contribution in [0.25, 0.3) is 0 Å². The zero-order valence-electron chi connectivity index (χ0n) is 13.8. The van der Waals surface area contributed by atoms with Crippen molar-refractivity contribution in [1.82, 2.24) is 20.8 Å². The number of nitrogens with one attached hydrogen (secondary N) is 4. The number of nitrogens with zero attached hydrogens (tertiary/aromatic N) is 1. The lowest BCUT2D eigenvalue weighted by molar-refractivity contribution is 0.0945. The quantitative estimate of drug-likeness (QED) is 0.570. The summed E-state index contributed by atoms with van der Waals surface area (Å²) in [6.45, 7) is 3.40. The molecule has 1 aliphatic heterocycles. The summed E-state index contributed by atoms with van der Waals surface area (Å²) in [5.41, 5.74) is 4.55. The van der Waals surface area contributed by atoms with Crippen LogP contribution in [0.4, 0.5) is 5.69 Å². The van der Waals surface area contributed by atoms with Gasteiger partial charge >= 0.3 is 0 Å². The number of hydrogen-bond donors (Lipinski definition) is 4. The second-order valence-electron chi connectivity index (χ2n) is 5.72. The minimum Gasteiger partial charge on any atom is -0.383 e. The second kappa shape index (κ2) is 7.94. The van der Waals surface area contributed by atoms with Gasteiger partial charge in [-0.2, -0.15) is 5.10 Å². The highest BCUT2D eigenvalue weighted by Gasteiger charge is 2.21. The van der Waals surface area contributed by atoms with E-state index in [1.807, 2.05) is 24.3 Å². The predicted octanol–water partition coefficient (Wildman–Crippen LogP) is 1.04. The zero-order chi connectivity index (χ0) is 16.8. The molecule has 3 rings (SSSR count). The minimum atomic E-state index is -0.150. The standard InChI is InChI=1S/C17H23N5O2/c1-24-9-8-19-14-5-3-2-4-12(14)10-20-17(23)16-13-11-18-7-6-15(13)21-22-16/h2-5,18-19H,6-11H2,1H3,(H,20,23)(H,21,22). The van der Waals surface area contributed by atoms with Crippen LogP contribution >= 0.6 is 0 Å². The van der Waals surface area contributed by atoms with Crippen LogP contribution in [0.2, 0.25) is 0 Å². The Morgan fingerprint density at radius 2 is 2.25 bits per heavy atom. The molecule has 0 unspecified atom stereocenters. The van der Waals surface area contributed by atoms with Crippen molar-refractivity contribution >= 4 is 11.6 Å². The lowest BCUT2D eigenvalue weighted by atomic mass is 10.1. The fourth-order valence-corrected chi connectivity index (χ4v) is 2.81. The number of aromatic amines is 1. The third-order valence-corrected chi connectivity index (χ3v) is 4.10. The number of fused-ring (bicyclic) bond motifs is 1. The molecule has 0 atom stereocenters. The average molecular weight is 329 g/mol. The Kier molecular flexibility index (Phi) is 5.45. The average Bonchev–Trinajstić information content (AvgIpc) is 3.05. The second-order valence-corrected chi connectivity index (χ2v) is 5.72. The van der Waals surface area contributed by atoms with Crippen molar-refractivity contribution in [3.63, 3.8) is 0 Å². The van der Waals surface area contributed by atoms with Crippen molar-refractivity contribution in [3.05, 3.63) is 46.8 Å². The maximum atomic E-state index is 12.5. The van der Waals surface area contributed by atoms with Crippen molar-refractivity contribution in [2.24, 2.45) is 0 Å². The molecule has 0 saturated heterocycles. The van der Waals surface area contributed by atoms with Gasteiger partial charge in [0.2, 0.25) is 0 Å². The Balaban J connectivity index is 1.63. The van der Waals surface area contributed by atoms with Gasteiger partial charge in [-0.25, -0.2) is 0 Å². The molecule has 1 aliphatic rings. The summed E-state index contributed by atoms with van der Waals surface area (Å²) in [6.07, 6.45) is 0.877. The van der Waals surface area contributed by atoms with Crippen molar-refractivity contribution in [2.75, 3.05) is 32.1 Å². The van der Waals surface area contributed by atoms with Crippen molar-refractivity contribution < 1.29 is 9.53 Å². The number of methoxy groups -OCH3 is 1. The van der Waals surface area contributed by atoms with Crippen molar-refractivity contribution in [1.29, 1.82) is 0 Å². The highest BCUT2D eigenvalue weighted by molar-refractivity contribution is 5.94. The number of carbonyl (C=O) groups is 1. The molecule has 0 radical (unpaired) electrons. The van der Waals surface area contributed by atoms with Gasteiger partial charge in [0.15, 0.2) is 5.69 Å². The van der Waals surface area contributed by atoms with Gasteiger partial charge in [-0.3, -0.25) is 9.89 Å². The number of hydrogen-bond acceptors (Lipinski definition) is 5. The number of rotatable bonds is 7. The van der Waals surface area contributed by atoms with Crippen molar-refractivity contribution in [3.8, 4) is 0 Å². The van der Waals surface area contributed by atoms with Crippen LogP contribution in [0.1, 0.15) is 27.3 Å². The Bertz CT molecular complexity index is 698. The van der Waals surface area contributed by atoms with Gasteiger partial charge in [0.25, 0.3) is 5.91 Å². The van der Waals surface area contributed by atoms with Crippen LogP contribution in [0.3, 0.4) is 0 Å². The van der Waals surface area contributed by atoms with Crippen LogP contribution in [-0.2, 0) is 24.2 Å². The predicted molar refractivity (Wildman–Crippen MR) is 92.0 cm³/mol. The molecule has 0 spiro atoms. The summed E-state index contributed by atoms with van der Waals surface area (Å²) >= 11 is 0. The number of para-hydroxylation sites is 1. The summed E-state index contributed by atoms with van der Waals surface area (Å²) in [5, 5.41) is 16.7. The van der Waals surface area contributed by atoms with Crippen LogP contribution in [0.5, 0.6) is 0 Å². The van der Waals surface area contributed by atoms with Crippen LogP contribution in [0, 0.1) is 0 Å². The number of benzene rings is 1. The van der Waals surface area contributed by atoms with Crippen LogP contribution in [-0.4, -0.2) is 42.9 Å². The smallest absolute Gasteiger partial charge is 0.272 e. The Hall–Kier alpha value is -2.38. The zero-order valence-corrected chi connectivity index (χ0v) is 13.8. The van der Waals surface area contributed by atoms with Crippen LogP contribution in [0.15, 0.2) is 24.3 Å². The van der Waals surface area contributed by atoms with E-state index in [1.54, 1.807) is 7.11 Å². The van der Waals surface area contributed by atoms with Crippen molar-refractivity contribution in [2.45, 2.75) is 19.5 Å². The van der Waals surface area contributed by atoms with Gasteiger partial charge in [0, 0.05) is 56.7 Å². The van der Waals surface area contributed by atoms with E-state index in [9.17, 15) is 4.79 Å². The Morgan fingerprint density at radius 1 is 1.38 bits per heavy atom. The molecule has 24 heavy (non-hydrogen) atoms. The van der Waals surface area contributed by atoms with Gasteiger partial charge in [0.05, 0.1) is 6.61 Å². The molecular formula is C17H23N5O2. The van der Waals surface area contributed by atoms with E-state index < -0.39 is 0 Å². The monoisotopic (exact) mass is 329 g/mol. The first kappa shape index (κ1) is 16.5. The van der Waals surface area contributed by atoms with E-state index >= 15 is 0 Å². The number of amides is 1. The van der Waals surface area contributed by atoms with Gasteiger partial charge in [-0.1, -0.05) is 18.2 Å². The Labute approximate surface area is 141 Å². The van der Waals surface area contributed by atoms with E-state index in [0.717, 1.165) is 42.0 Å². The van der Waals surface area contributed by atoms with E-state index in [-0.39, 0.29) is 5.91 Å². The van der Waals surface area contributed by atoms with Crippen LogP contribution < -0.4 is 16.0 Å². The number of ether oxygens (including phenoxy) is 1. The number of anilines is 1. The summed E-state index contributed by atoms with van der Waals surface area (Å²) < 4.78 is 5.05. The van der Waals surface area contributed by atoms with E-state index in [1.165, 1.54) is 0 Å². The third-order valence-electron chi connectivity index (χ3n) is 4.10. The molecule has 7 nitrogen and oxygen atoms in total. The highest BCUT2D eigenvalue weighted by atomic mass is 16.5. The van der Waals surface area contributed by atoms with Gasteiger partial charge in [-0.15, -0.1) is 0 Å². The molecule has 0 saturated carbocycles. The molecular weight excluding hydrogens is 306 g/mol. The summed E-state index contributed by atoms with van der Waals surface area (Å²) in [7, 11) is 1.67. The first-order chi connectivity index (χ1) is 11.8. The summed E-state index contributed by atoms with van der Waals surface area (Å²) in [6, 6.07) is 7.92. The lowest BCUT2D eigenvalue weighted by Crippen LogP contribution is -2.28. The largest absolute Gasteiger partial charge is 0.383 e. The van der Waals surface area contributed by atoms with E-state index in [0.29, 0.717) is 25.4 Å². The first-order valence-electron chi connectivity index (χ1n) is 8.15.